The minimum atomic E-state index is 0.676. The molecule has 1 aliphatic heterocycles. The lowest BCUT2D eigenvalue weighted by Crippen LogP contribution is -2.33. The highest BCUT2D eigenvalue weighted by Gasteiger charge is 2.24. The van der Waals surface area contributed by atoms with Gasteiger partial charge >= 0.3 is 0 Å². The van der Waals surface area contributed by atoms with Crippen molar-refractivity contribution in [1.82, 2.24) is 5.32 Å². The van der Waals surface area contributed by atoms with Crippen molar-refractivity contribution >= 4 is 5.69 Å². The minimum absolute atomic E-state index is 0.676. The Morgan fingerprint density at radius 2 is 1.84 bits per heavy atom. The van der Waals surface area contributed by atoms with Crippen LogP contribution in [0.25, 0.3) is 0 Å². The van der Waals surface area contributed by atoms with Gasteiger partial charge in [0.2, 0.25) is 0 Å². The second kappa shape index (κ2) is 6.95. The molecule has 19 heavy (non-hydrogen) atoms. The van der Waals surface area contributed by atoms with E-state index in [1.807, 2.05) is 0 Å². The molecule has 0 radical (unpaired) electrons. The maximum atomic E-state index is 3.66. The van der Waals surface area contributed by atoms with Crippen LogP contribution in [0, 0.1) is 0 Å². The predicted octanol–water partition coefficient (Wildman–Crippen LogP) is 3.39. The first kappa shape index (κ1) is 14.4. The van der Waals surface area contributed by atoms with Gasteiger partial charge in [0, 0.05) is 24.8 Å². The molecule has 0 amide bonds. The van der Waals surface area contributed by atoms with Crippen molar-refractivity contribution in [2.24, 2.45) is 0 Å². The first-order valence-corrected chi connectivity index (χ1v) is 7.89. The smallest absolute Gasteiger partial charge is 0.0431 e. The summed E-state index contributed by atoms with van der Waals surface area (Å²) in [4.78, 5) is 2.60. The largest absolute Gasteiger partial charge is 0.369 e. The van der Waals surface area contributed by atoms with Gasteiger partial charge in [-0.25, -0.2) is 0 Å². The molecule has 1 saturated heterocycles. The fourth-order valence-electron chi connectivity index (χ4n) is 3.10. The lowest BCUT2D eigenvalue weighted by Gasteiger charge is -2.25. The predicted molar refractivity (Wildman–Crippen MR) is 84.1 cm³/mol. The number of hydrogen-bond donors (Lipinski definition) is 1. The third kappa shape index (κ3) is 3.30. The Bertz CT molecular complexity index is 378. The number of nitrogens with one attached hydrogen (secondary N) is 1. The molecule has 0 aliphatic carbocycles. The van der Waals surface area contributed by atoms with E-state index in [0.717, 1.165) is 19.4 Å². The van der Waals surface area contributed by atoms with E-state index in [4.69, 9.17) is 0 Å². The number of benzene rings is 1. The Morgan fingerprint density at radius 1 is 1.16 bits per heavy atom. The highest BCUT2D eigenvalue weighted by Crippen LogP contribution is 2.29. The van der Waals surface area contributed by atoms with E-state index < -0.39 is 0 Å². The van der Waals surface area contributed by atoms with E-state index in [0.29, 0.717) is 6.04 Å². The van der Waals surface area contributed by atoms with Crippen LogP contribution in [0.5, 0.6) is 0 Å². The van der Waals surface area contributed by atoms with E-state index in [1.165, 1.54) is 42.7 Å². The van der Waals surface area contributed by atoms with E-state index in [-0.39, 0.29) is 0 Å². The third-order valence-corrected chi connectivity index (χ3v) is 4.15. The van der Waals surface area contributed by atoms with E-state index >= 15 is 0 Å². The molecule has 2 heteroatoms. The highest BCUT2D eigenvalue weighted by molar-refractivity contribution is 5.60. The number of nitrogens with zero attached hydrogens (tertiary/aromatic N) is 1. The van der Waals surface area contributed by atoms with Crippen LogP contribution in [0.2, 0.25) is 0 Å². The van der Waals surface area contributed by atoms with E-state index in [9.17, 15) is 0 Å². The zero-order valence-electron chi connectivity index (χ0n) is 12.7. The van der Waals surface area contributed by atoms with Crippen LogP contribution in [-0.4, -0.2) is 25.7 Å². The molecule has 0 bridgehead atoms. The lowest BCUT2D eigenvalue weighted by atomic mass is 10.0. The van der Waals surface area contributed by atoms with Gasteiger partial charge in [-0.15, -0.1) is 0 Å². The number of rotatable bonds is 6. The van der Waals surface area contributed by atoms with Gasteiger partial charge in [-0.1, -0.05) is 39.0 Å². The Balaban J connectivity index is 2.14. The molecule has 1 unspecified atom stereocenters. The summed E-state index contributed by atoms with van der Waals surface area (Å²) < 4.78 is 0. The summed E-state index contributed by atoms with van der Waals surface area (Å²) in [7, 11) is 0. The molecule has 0 aromatic heterocycles. The second-order valence-electron chi connectivity index (χ2n) is 5.52. The van der Waals surface area contributed by atoms with Gasteiger partial charge in [0.25, 0.3) is 0 Å². The maximum absolute atomic E-state index is 3.66. The van der Waals surface area contributed by atoms with Crippen LogP contribution in [0.15, 0.2) is 18.2 Å². The van der Waals surface area contributed by atoms with E-state index in [2.05, 4.69) is 49.2 Å². The van der Waals surface area contributed by atoms with Crippen LogP contribution in [0.4, 0.5) is 5.69 Å². The zero-order valence-corrected chi connectivity index (χ0v) is 12.7. The van der Waals surface area contributed by atoms with Gasteiger partial charge in [-0.05, 0) is 43.4 Å². The Hall–Kier alpha value is -1.02. The van der Waals surface area contributed by atoms with Crippen LogP contribution < -0.4 is 10.2 Å². The quantitative estimate of drug-likeness (QED) is 0.843. The SMILES string of the molecule is CCCNC1CCN(c2c(CC)cccc2CC)C1. The number of anilines is 1. The van der Waals surface area contributed by atoms with Crippen molar-refractivity contribution < 1.29 is 0 Å². The summed E-state index contributed by atoms with van der Waals surface area (Å²) in [6.07, 6.45) is 4.77. The maximum Gasteiger partial charge on any atom is 0.0431 e. The monoisotopic (exact) mass is 260 g/mol. The highest BCUT2D eigenvalue weighted by atomic mass is 15.2. The molecule has 1 atom stereocenters. The molecular weight excluding hydrogens is 232 g/mol. The number of para-hydroxylation sites is 1. The Labute approximate surface area is 118 Å². The first-order valence-electron chi connectivity index (χ1n) is 7.89. The van der Waals surface area contributed by atoms with Crippen LogP contribution in [0.1, 0.15) is 44.7 Å². The fraction of sp³-hybridized carbons (Fsp3) is 0.647. The number of aryl methyl sites for hydroxylation is 2. The van der Waals surface area contributed by atoms with Gasteiger partial charge in [0.1, 0.15) is 0 Å². The number of hydrogen-bond acceptors (Lipinski definition) is 2. The molecule has 1 N–H and O–H groups in total. The molecule has 106 valence electrons. The molecule has 0 spiro atoms. The van der Waals surface area contributed by atoms with Gasteiger partial charge in [0.05, 0.1) is 0 Å². The van der Waals surface area contributed by atoms with Crippen molar-refractivity contribution in [3.05, 3.63) is 29.3 Å². The zero-order chi connectivity index (χ0) is 13.7. The molecule has 1 aliphatic rings. The molecule has 2 rings (SSSR count). The summed E-state index contributed by atoms with van der Waals surface area (Å²) >= 11 is 0. The van der Waals surface area contributed by atoms with Crippen LogP contribution >= 0.6 is 0 Å². The summed E-state index contributed by atoms with van der Waals surface area (Å²) in [6, 6.07) is 7.47. The second-order valence-corrected chi connectivity index (χ2v) is 5.52. The normalized spacial score (nSPS) is 19.1. The van der Waals surface area contributed by atoms with Crippen molar-refractivity contribution in [1.29, 1.82) is 0 Å². The summed E-state index contributed by atoms with van der Waals surface area (Å²) in [6.45, 7) is 10.3. The first-order chi connectivity index (χ1) is 9.30. The average molecular weight is 260 g/mol. The fourth-order valence-corrected chi connectivity index (χ4v) is 3.10. The van der Waals surface area contributed by atoms with Crippen molar-refractivity contribution in [3.63, 3.8) is 0 Å². The molecule has 1 aromatic rings. The Morgan fingerprint density at radius 3 is 2.42 bits per heavy atom. The standard InChI is InChI=1S/C17H28N2/c1-4-11-18-16-10-12-19(13-16)17-14(5-2)8-7-9-15(17)6-3/h7-9,16,18H,4-6,10-13H2,1-3H3. The van der Waals surface area contributed by atoms with Crippen molar-refractivity contribution in [3.8, 4) is 0 Å². The van der Waals surface area contributed by atoms with Gasteiger partial charge in [-0.3, -0.25) is 0 Å². The molecule has 1 fully saturated rings. The topological polar surface area (TPSA) is 15.3 Å². The van der Waals surface area contributed by atoms with Gasteiger partial charge in [0.15, 0.2) is 0 Å². The van der Waals surface area contributed by atoms with Gasteiger partial charge in [-0.2, -0.15) is 0 Å². The molecular formula is C17H28N2. The van der Waals surface area contributed by atoms with Crippen LogP contribution in [0.3, 0.4) is 0 Å². The molecule has 2 nitrogen and oxygen atoms in total. The van der Waals surface area contributed by atoms with Crippen LogP contribution in [-0.2, 0) is 12.8 Å². The summed E-state index contributed by atoms with van der Waals surface area (Å²) in [5, 5.41) is 3.66. The lowest BCUT2D eigenvalue weighted by molar-refractivity contribution is 0.549. The minimum Gasteiger partial charge on any atom is -0.369 e. The summed E-state index contributed by atoms with van der Waals surface area (Å²) in [5.74, 6) is 0. The van der Waals surface area contributed by atoms with Crippen molar-refractivity contribution in [2.75, 3.05) is 24.5 Å². The molecule has 1 aromatic carbocycles. The third-order valence-electron chi connectivity index (χ3n) is 4.15. The molecule has 0 saturated carbocycles. The molecule has 1 heterocycles. The Kier molecular flexibility index (Phi) is 5.26. The van der Waals surface area contributed by atoms with Gasteiger partial charge < -0.3 is 10.2 Å². The average Bonchev–Trinajstić information content (AvgIpc) is 2.92. The summed E-state index contributed by atoms with van der Waals surface area (Å²) in [5.41, 5.74) is 4.54. The van der Waals surface area contributed by atoms with E-state index in [1.54, 1.807) is 0 Å². The van der Waals surface area contributed by atoms with Crippen molar-refractivity contribution in [2.45, 2.75) is 52.5 Å².